The lowest BCUT2D eigenvalue weighted by atomic mass is 10.1. The molecule has 0 atom stereocenters. The second-order valence-corrected chi connectivity index (χ2v) is 3.45. The van der Waals surface area contributed by atoms with Gasteiger partial charge in [0.15, 0.2) is 0 Å². The highest BCUT2D eigenvalue weighted by atomic mass is 16.5. The topological polar surface area (TPSA) is 26.3 Å². The van der Waals surface area contributed by atoms with E-state index in [0.717, 1.165) is 16.7 Å². The van der Waals surface area contributed by atoms with Gasteiger partial charge < -0.3 is 4.74 Å². The molecular weight excluding hydrogens is 200 g/mol. The fourth-order valence-electron chi connectivity index (χ4n) is 1.61. The first-order valence-electron chi connectivity index (χ1n) is 5.07. The molecule has 0 N–H and O–H groups in total. The lowest BCUT2D eigenvalue weighted by Crippen LogP contribution is -1.99. The van der Waals surface area contributed by atoms with Crippen molar-refractivity contribution < 1.29 is 9.53 Å². The van der Waals surface area contributed by atoms with E-state index in [-0.39, 0.29) is 0 Å². The van der Waals surface area contributed by atoms with Gasteiger partial charge in [0.05, 0.1) is 0 Å². The molecule has 0 unspecified atom stereocenters. The Bertz CT molecular complexity index is 488. The summed E-state index contributed by atoms with van der Waals surface area (Å²) >= 11 is 0. The van der Waals surface area contributed by atoms with Gasteiger partial charge in [-0.25, -0.2) is 4.79 Å². The Hall–Kier alpha value is -2.09. The van der Waals surface area contributed by atoms with E-state index < -0.39 is 5.97 Å². The first-order valence-corrected chi connectivity index (χ1v) is 5.07. The Balaban J connectivity index is 2.21. The van der Waals surface area contributed by atoms with Crippen molar-refractivity contribution in [1.82, 2.24) is 0 Å². The fourth-order valence-corrected chi connectivity index (χ4v) is 1.61. The van der Waals surface area contributed by atoms with Crippen LogP contribution in [0.2, 0.25) is 0 Å². The number of carbonyl (C=O) groups is 1. The summed E-state index contributed by atoms with van der Waals surface area (Å²) in [6.07, 6.45) is 1.17. The van der Waals surface area contributed by atoms with Crippen LogP contribution in [0.4, 0.5) is 0 Å². The van der Waals surface area contributed by atoms with E-state index in [0.29, 0.717) is 6.61 Å². The lowest BCUT2D eigenvalue weighted by molar-refractivity contribution is -0.138. The van der Waals surface area contributed by atoms with Crippen molar-refractivity contribution >= 4 is 5.97 Å². The Labute approximate surface area is 94.5 Å². The van der Waals surface area contributed by atoms with Crippen LogP contribution in [-0.4, -0.2) is 5.97 Å². The molecule has 0 fully saturated rings. The first-order chi connectivity index (χ1) is 7.81. The van der Waals surface area contributed by atoms with Gasteiger partial charge in [-0.05, 0) is 16.7 Å². The molecule has 0 amide bonds. The summed E-state index contributed by atoms with van der Waals surface area (Å²) < 4.78 is 5.02. The molecule has 0 saturated heterocycles. The van der Waals surface area contributed by atoms with E-state index >= 15 is 0 Å². The molecule has 0 aliphatic heterocycles. The molecule has 2 rings (SSSR count). The Kier molecular flexibility index (Phi) is 3.01. The zero-order valence-electron chi connectivity index (χ0n) is 8.85. The van der Waals surface area contributed by atoms with Crippen molar-refractivity contribution in [3.05, 3.63) is 60.7 Å². The van der Waals surface area contributed by atoms with Gasteiger partial charge in [-0.15, -0.1) is 0 Å². The summed E-state index contributed by atoms with van der Waals surface area (Å²) in [5.41, 5.74) is 3.28. The monoisotopic (exact) mass is 212 g/mol. The third kappa shape index (κ3) is 2.11. The molecule has 0 heterocycles. The van der Waals surface area contributed by atoms with Crippen LogP contribution in [0.1, 0.15) is 5.56 Å². The van der Waals surface area contributed by atoms with Crippen molar-refractivity contribution in [2.45, 2.75) is 6.61 Å². The maximum atomic E-state index is 11.0. The van der Waals surface area contributed by atoms with Crippen molar-refractivity contribution in [3.63, 3.8) is 0 Å². The number of esters is 1. The van der Waals surface area contributed by atoms with Crippen molar-refractivity contribution in [1.29, 1.82) is 0 Å². The number of hydrogen-bond donors (Lipinski definition) is 0. The largest absolute Gasteiger partial charge is 0.458 e. The quantitative estimate of drug-likeness (QED) is 0.577. The SMILES string of the molecule is C=CC(=O)OCc1ccc2cccccc1-2. The molecule has 2 aliphatic carbocycles. The number of carbonyl (C=O) groups excluding carboxylic acids is 1. The summed E-state index contributed by atoms with van der Waals surface area (Å²) in [7, 11) is 0. The van der Waals surface area contributed by atoms with Gasteiger partial charge in [-0.3, -0.25) is 0 Å². The van der Waals surface area contributed by atoms with Crippen molar-refractivity contribution in [3.8, 4) is 11.1 Å². The highest BCUT2D eigenvalue weighted by molar-refractivity contribution is 5.81. The number of fused-ring (bicyclic) bond motifs is 1. The maximum absolute atomic E-state index is 11.0. The highest BCUT2D eigenvalue weighted by Gasteiger charge is 2.08. The average Bonchev–Trinajstić information content (AvgIpc) is 2.54. The van der Waals surface area contributed by atoms with E-state index in [1.165, 1.54) is 6.08 Å². The zero-order valence-corrected chi connectivity index (χ0v) is 8.85. The number of rotatable bonds is 3. The summed E-state index contributed by atoms with van der Waals surface area (Å²) in [6.45, 7) is 3.65. The minimum absolute atomic E-state index is 0.290. The van der Waals surface area contributed by atoms with E-state index in [9.17, 15) is 4.79 Å². The standard InChI is InChI=1S/C14H12O2/c1-2-14(15)16-10-12-9-8-11-6-4-3-5-7-13(11)12/h2-9H,1,10H2. The van der Waals surface area contributed by atoms with Crippen LogP contribution in [-0.2, 0) is 16.1 Å². The van der Waals surface area contributed by atoms with E-state index in [2.05, 4.69) is 6.58 Å². The van der Waals surface area contributed by atoms with Gasteiger partial charge in [0.25, 0.3) is 0 Å². The van der Waals surface area contributed by atoms with Crippen LogP contribution >= 0.6 is 0 Å². The van der Waals surface area contributed by atoms with Crippen LogP contribution in [0.5, 0.6) is 0 Å². The summed E-state index contributed by atoms with van der Waals surface area (Å²) in [5.74, 6) is -0.394. The normalized spacial score (nSPS) is 10.0. The highest BCUT2D eigenvalue weighted by Crippen LogP contribution is 2.27. The molecule has 2 aliphatic rings. The zero-order chi connectivity index (χ0) is 11.4. The molecular formula is C14H12O2. The molecule has 0 radical (unpaired) electrons. The Morgan fingerprint density at radius 3 is 2.81 bits per heavy atom. The minimum Gasteiger partial charge on any atom is -0.458 e. The molecule has 0 aromatic carbocycles. The predicted molar refractivity (Wildman–Crippen MR) is 63.1 cm³/mol. The third-order valence-electron chi connectivity index (χ3n) is 2.42. The number of hydrogen-bond acceptors (Lipinski definition) is 2. The molecule has 2 nitrogen and oxygen atoms in total. The lowest BCUT2D eigenvalue weighted by Gasteiger charge is -2.02. The van der Waals surface area contributed by atoms with Crippen LogP contribution in [0.15, 0.2) is 55.1 Å². The maximum Gasteiger partial charge on any atom is 0.330 e. The Morgan fingerprint density at radius 2 is 2.00 bits per heavy atom. The second kappa shape index (κ2) is 4.62. The molecule has 2 heteroatoms. The van der Waals surface area contributed by atoms with E-state index in [1.54, 1.807) is 0 Å². The summed E-state index contributed by atoms with van der Waals surface area (Å²) in [5, 5.41) is 0. The molecule has 16 heavy (non-hydrogen) atoms. The van der Waals surface area contributed by atoms with E-state index in [4.69, 9.17) is 4.74 Å². The number of ether oxygens (including phenoxy) is 1. The molecule has 0 spiro atoms. The van der Waals surface area contributed by atoms with Gasteiger partial charge in [0, 0.05) is 6.08 Å². The molecule has 0 aromatic heterocycles. The average molecular weight is 212 g/mol. The van der Waals surface area contributed by atoms with Crippen molar-refractivity contribution in [2.75, 3.05) is 0 Å². The molecule has 80 valence electrons. The predicted octanol–water partition coefficient (Wildman–Crippen LogP) is 3.02. The second-order valence-electron chi connectivity index (χ2n) is 3.45. The van der Waals surface area contributed by atoms with Crippen LogP contribution < -0.4 is 0 Å². The molecule has 0 bridgehead atoms. The van der Waals surface area contributed by atoms with Crippen LogP contribution in [0.3, 0.4) is 0 Å². The smallest absolute Gasteiger partial charge is 0.330 e. The minimum atomic E-state index is -0.394. The summed E-state index contributed by atoms with van der Waals surface area (Å²) in [4.78, 5) is 11.0. The van der Waals surface area contributed by atoms with Gasteiger partial charge in [0.2, 0.25) is 0 Å². The first kappa shape index (κ1) is 10.4. The van der Waals surface area contributed by atoms with Crippen molar-refractivity contribution in [2.24, 2.45) is 0 Å². The van der Waals surface area contributed by atoms with Gasteiger partial charge in [-0.1, -0.05) is 49.0 Å². The molecule has 0 saturated carbocycles. The third-order valence-corrected chi connectivity index (χ3v) is 2.42. The van der Waals surface area contributed by atoms with Crippen LogP contribution in [0, 0.1) is 0 Å². The Morgan fingerprint density at radius 1 is 1.19 bits per heavy atom. The van der Waals surface area contributed by atoms with Gasteiger partial charge >= 0.3 is 5.97 Å². The molecule has 0 aromatic rings. The van der Waals surface area contributed by atoms with Gasteiger partial charge in [-0.2, -0.15) is 0 Å². The van der Waals surface area contributed by atoms with Crippen LogP contribution in [0.25, 0.3) is 11.1 Å². The van der Waals surface area contributed by atoms with Gasteiger partial charge in [0.1, 0.15) is 6.61 Å². The summed E-state index contributed by atoms with van der Waals surface area (Å²) in [6, 6.07) is 14.0. The van der Waals surface area contributed by atoms with E-state index in [1.807, 2.05) is 42.5 Å². The fraction of sp³-hybridized carbons (Fsp3) is 0.0714.